The highest BCUT2D eigenvalue weighted by molar-refractivity contribution is 14.1. The molecule has 8 nitrogen and oxygen atoms in total. The molecule has 1 N–H and O–H groups in total. The predicted octanol–water partition coefficient (Wildman–Crippen LogP) is 16.0. The van der Waals surface area contributed by atoms with E-state index >= 15 is 0 Å². The second-order valence-electron chi connectivity index (χ2n) is 22.9. The lowest BCUT2D eigenvalue weighted by Crippen LogP contribution is -2.51. The lowest BCUT2D eigenvalue weighted by molar-refractivity contribution is -0.112. The molecule has 0 amide bonds. The van der Waals surface area contributed by atoms with E-state index in [2.05, 4.69) is 217 Å². The van der Waals surface area contributed by atoms with Crippen LogP contribution in [0.15, 0.2) is 97.6 Å². The number of piperidine rings is 2. The van der Waals surface area contributed by atoms with Crippen molar-refractivity contribution >= 4 is 67.4 Å². The van der Waals surface area contributed by atoms with E-state index in [9.17, 15) is 9.90 Å². The quantitative estimate of drug-likeness (QED) is 0.0627. The van der Waals surface area contributed by atoms with Crippen LogP contribution in [0.2, 0.25) is 33.2 Å². The molecule has 1 unspecified atom stereocenters. The topological polar surface area (TPSA) is 79.4 Å². The van der Waals surface area contributed by atoms with Crippen LogP contribution in [0.3, 0.4) is 0 Å². The molecule has 0 bridgehead atoms. The normalized spacial score (nSPS) is 16.1. The first-order valence-electron chi connectivity index (χ1n) is 27.1. The molecule has 2 aliphatic heterocycles. The molecule has 72 heavy (non-hydrogen) atoms. The molecule has 6 heterocycles. The van der Waals surface area contributed by atoms with Gasteiger partial charge in [0.25, 0.3) is 0 Å². The van der Waals surface area contributed by atoms with E-state index in [-0.39, 0.29) is 13.3 Å². The Kier molecular flexibility index (Phi) is 21.7. The Bertz CT molecular complexity index is 2550. The number of hydrogen-bond acceptors (Lipinski definition) is 6. The summed E-state index contributed by atoms with van der Waals surface area (Å²) in [6.07, 6.45) is 13.4. The van der Waals surface area contributed by atoms with Crippen LogP contribution >= 0.6 is 22.6 Å². The molecule has 0 radical (unpaired) electrons. The van der Waals surface area contributed by atoms with Gasteiger partial charge >= 0.3 is 0 Å². The smallest absolute Gasteiger partial charge is 0.171 e. The van der Waals surface area contributed by atoms with Crippen molar-refractivity contribution in [3.05, 3.63) is 129 Å². The van der Waals surface area contributed by atoms with E-state index in [1.165, 1.54) is 31.3 Å². The number of halogens is 1. The van der Waals surface area contributed by atoms with Gasteiger partial charge in [-0.1, -0.05) is 151 Å². The summed E-state index contributed by atoms with van der Waals surface area (Å²) in [5.41, 5.74) is 12.4. The van der Waals surface area contributed by atoms with Crippen molar-refractivity contribution in [3.8, 4) is 0 Å². The van der Waals surface area contributed by atoms with Gasteiger partial charge in [0.15, 0.2) is 16.5 Å². The van der Waals surface area contributed by atoms with E-state index in [4.69, 9.17) is 9.97 Å². The molecule has 394 valence electrons. The van der Waals surface area contributed by atoms with Gasteiger partial charge in [-0.2, -0.15) is 0 Å². The number of aliphatic hydroxyl groups is 1. The SMILES string of the molecule is C.Cc1cnc2c(ccn2[Si](C(C)C)(C(C)C)C(C)C)c1C(O)C1CCN(Cc2ccccc2)CC1.Cc1cnc2c(ccn2[Si](C(C)C)(C(C)C)C(C)C)c1I.O=CC1CCN(Cc2ccccc2)CC1. The highest BCUT2D eigenvalue weighted by Gasteiger charge is 2.47. The number of hydrogen-bond donors (Lipinski definition) is 1. The van der Waals surface area contributed by atoms with Crippen molar-refractivity contribution < 1.29 is 9.90 Å². The number of likely N-dealkylation sites (tertiary alicyclic amines) is 2. The fourth-order valence-corrected chi connectivity index (χ4v) is 27.3. The lowest BCUT2D eigenvalue weighted by atomic mass is 9.85. The molecular weight excluding hydrogens is 1030 g/mol. The third-order valence-corrected chi connectivity index (χ3v) is 31.8. The molecule has 2 aromatic carbocycles. The van der Waals surface area contributed by atoms with Crippen molar-refractivity contribution in [2.24, 2.45) is 11.8 Å². The van der Waals surface area contributed by atoms with E-state index in [1.807, 2.05) is 18.5 Å². The summed E-state index contributed by atoms with van der Waals surface area (Å²) in [7, 11) is -3.62. The number of aryl methyl sites for hydroxylation is 2. The third kappa shape index (κ3) is 12.6. The van der Waals surface area contributed by atoms with Crippen molar-refractivity contribution in [2.75, 3.05) is 26.2 Å². The number of carbonyl (C=O) groups is 1. The first kappa shape index (κ1) is 59.4. The van der Waals surface area contributed by atoms with Crippen LogP contribution in [-0.2, 0) is 17.9 Å². The Morgan fingerprint density at radius 1 is 0.583 bits per heavy atom. The summed E-state index contributed by atoms with van der Waals surface area (Å²) in [6, 6.07) is 25.7. The molecule has 1 atom stereocenters. The van der Waals surface area contributed by atoms with Gasteiger partial charge in [0, 0.05) is 45.7 Å². The molecule has 2 saturated heterocycles. The van der Waals surface area contributed by atoms with Crippen molar-refractivity contribution in [1.82, 2.24) is 28.2 Å². The van der Waals surface area contributed by atoms with Crippen molar-refractivity contribution in [1.29, 1.82) is 0 Å². The third-order valence-electron chi connectivity index (χ3n) is 16.9. The molecular formula is C61H93IN6O2Si2. The predicted molar refractivity (Wildman–Crippen MR) is 321 cm³/mol. The standard InChI is InChI=1S/C30H45N3OSi.C17H27IN2Si.C13H17NO.CH4/c1-21(2)35(22(3)4,23(5)6)33-18-15-27-28(24(7)19-31-30(27)33)29(34)26-13-16-32(17-14-26)20-25-11-9-8-10-12-25;1-11(2)21(12(3)4,13(5)6)20-9-8-15-16(18)14(7)10-19-17(15)20;15-11-13-6-8-14(9-7-13)10-12-4-2-1-3-5-12;/h8-12,15,18-19,21-23,26,29,34H,13-14,16-17,20H2,1-7H3;8-13H,1-7H3;1-5,11,13H,6-10H2;1H4. The average Bonchev–Trinajstić information content (AvgIpc) is 3.97. The minimum atomic E-state index is -1.91. The molecule has 0 aliphatic carbocycles. The summed E-state index contributed by atoms with van der Waals surface area (Å²) >= 11 is 2.46. The number of carbonyl (C=O) groups excluding carboxylic acids is 1. The summed E-state index contributed by atoms with van der Waals surface area (Å²) < 4.78 is 6.50. The molecule has 0 saturated carbocycles. The minimum absolute atomic E-state index is 0. The highest BCUT2D eigenvalue weighted by Crippen LogP contribution is 2.46. The second-order valence-corrected chi connectivity index (χ2v) is 35.5. The Balaban J connectivity index is 0.000000220. The van der Waals surface area contributed by atoms with Gasteiger partial charge in [-0.25, -0.2) is 9.97 Å². The maximum atomic E-state index is 11.7. The van der Waals surface area contributed by atoms with Crippen LogP contribution in [0.25, 0.3) is 22.1 Å². The summed E-state index contributed by atoms with van der Waals surface area (Å²) in [5, 5.41) is 14.2. The Hall–Kier alpha value is -3.47. The molecule has 4 aromatic heterocycles. The van der Waals surface area contributed by atoms with Crippen LogP contribution in [0.4, 0.5) is 0 Å². The number of aldehydes is 1. The van der Waals surface area contributed by atoms with Crippen LogP contribution in [0, 0.1) is 29.3 Å². The fourth-order valence-electron chi connectivity index (χ4n) is 13.6. The first-order valence-corrected chi connectivity index (χ1v) is 32.5. The number of nitrogens with zero attached hydrogens (tertiary/aromatic N) is 6. The van der Waals surface area contributed by atoms with Gasteiger partial charge in [-0.05, 0) is 180 Å². The number of fused-ring (bicyclic) bond motifs is 2. The van der Waals surface area contributed by atoms with Crippen LogP contribution in [-0.4, -0.2) is 82.3 Å². The van der Waals surface area contributed by atoms with Crippen LogP contribution in [0.5, 0.6) is 0 Å². The summed E-state index contributed by atoms with van der Waals surface area (Å²) in [6.45, 7) is 39.2. The number of rotatable bonds is 15. The summed E-state index contributed by atoms with van der Waals surface area (Å²) in [4.78, 5) is 25.3. The Morgan fingerprint density at radius 2 is 0.958 bits per heavy atom. The zero-order valence-corrected chi connectivity index (χ0v) is 50.2. The minimum Gasteiger partial charge on any atom is -0.388 e. The van der Waals surface area contributed by atoms with E-state index in [0.29, 0.717) is 39.2 Å². The number of pyridine rings is 2. The van der Waals surface area contributed by atoms with Crippen LogP contribution < -0.4 is 0 Å². The number of aromatic nitrogens is 4. The molecule has 11 heteroatoms. The highest BCUT2D eigenvalue weighted by atomic mass is 127. The zero-order chi connectivity index (χ0) is 51.8. The van der Waals surface area contributed by atoms with Gasteiger partial charge in [-0.15, -0.1) is 0 Å². The maximum absolute atomic E-state index is 11.7. The van der Waals surface area contributed by atoms with Gasteiger partial charge in [0.1, 0.15) is 17.6 Å². The molecule has 0 spiro atoms. The zero-order valence-electron chi connectivity index (χ0n) is 46.0. The van der Waals surface area contributed by atoms with Gasteiger partial charge in [0.05, 0.1) is 6.10 Å². The largest absolute Gasteiger partial charge is 0.388 e. The first-order chi connectivity index (χ1) is 33.8. The van der Waals surface area contributed by atoms with E-state index < -0.39 is 22.6 Å². The maximum Gasteiger partial charge on any atom is 0.171 e. The van der Waals surface area contributed by atoms with Gasteiger partial charge in [-0.3, -0.25) is 9.80 Å². The van der Waals surface area contributed by atoms with E-state index in [0.717, 1.165) is 93.4 Å². The van der Waals surface area contributed by atoms with E-state index in [1.54, 1.807) is 0 Å². The van der Waals surface area contributed by atoms with Crippen LogP contribution in [0.1, 0.15) is 150 Å². The van der Waals surface area contributed by atoms with Crippen molar-refractivity contribution in [3.63, 3.8) is 0 Å². The fraction of sp³-hybridized carbons (Fsp3) is 0.557. The Labute approximate surface area is 452 Å². The van der Waals surface area contributed by atoms with Crippen molar-refractivity contribution in [2.45, 2.75) is 182 Å². The Morgan fingerprint density at radius 3 is 1.36 bits per heavy atom. The van der Waals surface area contributed by atoms with Gasteiger partial charge in [0.2, 0.25) is 0 Å². The monoisotopic (exact) mass is 1120 g/mol. The lowest BCUT2D eigenvalue weighted by Gasteiger charge is -2.44. The second kappa shape index (κ2) is 26.3. The van der Waals surface area contributed by atoms with Gasteiger partial charge < -0.3 is 18.4 Å². The average molecular weight is 1130 g/mol. The molecule has 2 fully saturated rings. The molecule has 6 aromatic rings. The summed E-state index contributed by atoms with van der Waals surface area (Å²) in [5.74, 6) is 0.592. The number of aliphatic hydroxyl groups excluding tert-OH is 1. The number of benzene rings is 2. The molecule has 8 rings (SSSR count). The molecule has 2 aliphatic rings.